The van der Waals surface area contributed by atoms with Gasteiger partial charge in [0, 0.05) is 0 Å². The van der Waals surface area contributed by atoms with E-state index in [1.807, 2.05) is 19.9 Å². The molecule has 2 nitrogen and oxygen atoms in total. The molecule has 1 aliphatic carbocycles. The average Bonchev–Trinajstić information content (AvgIpc) is 1.79. The number of carbonyl (C=O) groups is 1. The first kappa shape index (κ1) is 7.48. The fourth-order valence-corrected chi connectivity index (χ4v) is 1.09. The van der Waals surface area contributed by atoms with E-state index in [0.29, 0.717) is 6.42 Å². The normalized spacial score (nSPS) is 30.7. The molecular formula is C8H12O2. The summed E-state index contributed by atoms with van der Waals surface area (Å²) in [6.07, 6.45) is 3.08. The lowest BCUT2D eigenvalue weighted by atomic mass is 9.81. The highest BCUT2D eigenvalue weighted by molar-refractivity contribution is 5.94. The number of carbonyl (C=O) groups excluding carboxylic acids is 1. The van der Waals surface area contributed by atoms with Crippen molar-refractivity contribution in [2.45, 2.75) is 26.4 Å². The van der Waals surface area contributed by atoms with Crippen molar-refractivity contribution in [3.63, 3.8) is 0 Å². The van der Waals surface area contributed by atoms with E-state index in [4.69, 9.17) is 5.11 Å². The molecule has 0 bridgehead atoms. The molecule has 2 heteroatoms. The summed E-state index contributed by atoms with van der Waals surface area (Å²) in [5.74, 6) is -0.167. The van der Waals surface area contributed by atoms with Crippen molar-refractivity contribution in [1.29, 1.82) is 0 Å². The smallest absolute Gasteiger partial charge is 0.183 e. The van der Waals surface area contributed by atoms with Gasteiger partial charge in [-0.1, -0.05) is 19.9 Å². The van der Waals surface area contributed by atoms with Crippen LogP contribution >= 0.6 is 0 Å². The molecule has 0 aromatic heterocycles. The van der Waals surface area contributed by atoms with Crippen LogP contribution in [0.25, 0.3) is 0 Å². The molecule has 0 spiro atoms. The highest BCUT2D eigenvalue weighted by Crippen LogP contribution is 2.27. The minimum absolute atomic E-state index is 0.0205. The first-order chi connectivity index (χ1) is 4.51. The Morgan fingerprint density at radius 1 is 1.70 bits per heavy atom. The Bertz CT molecular complexity index is 180. The SMILES string of the molecule is CC1(C)C=CC(=O)C(O)C1. The summed E-state index contributed by atoms with van der Waals surface area (Å²) in [4.78, 5) is 10.7. The second-order valence-corrected chi connectivity index (χ2v) is 3.44. The third-order valence-corrected chi connectivity index (χ3v) is 1.75. The van der Waals surface area contributed by atoms with Gasteiger partial charge in [0.15, 0.2) is 5.78 Å². The second-order valence-electron chi connectivity index (χ2n) is 3.44. The van der Waals surface area contributed by atoms with Crippen LogP contribution in [0.5, 0.6) is 0 Å². The van der Waals surface area contributed by atoms with Gasteiger partial charge in [0.05, 0.1) is 0 Å². The van der Waals surface area contributed by atoms with Crippen LogP contribution in [-0.2, 0) is 4.79 Å². The van der Waals surface area contributed by atoms with Gasteiger partial charge in [-0.2, -0.15) is 0 Å². The molecule has 0 saturated heterocycles. The lowest BCUT2D eigenvalue weighted by molar-refractivity contribution is -0.124. The minimum Gasteiger partial charge on any atom is -0.385 e. The van der Waals surface area contributed by atoms with Crippen molar-refractivity contribution in [1.82, 2.24) is 0 Å². The molecule has 0 radical (unpaired) electrons. The lowest BCUT2D eigenvalue weighted by Crippen LogP contribution is -2.29. The molecule has 1 unspecified atom stereocenters. The van der Waals surface area contributed by atoms with Gasteiger partial charge in [-0.3, -0.25) is 4.79 Å². The van der Waals surface area contributed by atoms with Crippen molar-refractivity contribution in [3.05, 3.63) is 12.2 Å². The molecule has 1 N–H and O–H groups in total. The van der Waals surface area contributed by atoms with Crippen LogP contribution < -0.4 is 0 Å². The van der Waals surface area contributed by atoms with E-state index in [0.717, 1.165) is 0 Å². The molecule has 0 aromatic carbocycles. The topological polar surface area (TPSA) is 37.3 Å². The molecule has 0 aromatic rings. The minimum atomic E-state index is -0.778. The van der Waals surface area contributed by atoms with Crippen LogP contribution in [0.3, 0.4) is 0 Å². The van der Waals surface area contributed by atoms with Crippen LogP contribution in [0, 0.1) is 5.41 Å². The van der Waals surface area contributed by atoms with Gasteiger partial charge < -0.3 is 5.11 Å². The van der Waals surface area contributed by atoms with Gasteiger partial charge in [-0.25, -0.2) is 0 Å². The standard InChI is InChI=1S/C8H12O2/c1-8(2)4-3-6(9)7(10)5-8/h3-4,7,10H,5H2,1-2H3. The number of allylic oxidation sites excluding steroid dienone is 1. The van der Waals surface area contributed by atoms with Crippen molar-refractivity contribution in [2.24, 2.45) is 5.41 Å². The molecule has 10 heavy (non-hydrogen) atoms. The number of ketones is 1. The number of aliphatic hydroxyl groups excluding tert-OH is 1. The van der Waals surface area contributed by atoms with Gasteiger partial charge in [0.25, 0.3) is 0 Å². The zero-order valence-corrected chi connectivity index (χ0v) is 6.29. The van der Waals surface area contributed by atoms with E-state index in [1.165, 1.54) is 6.08 Å². The maximum absolute atomic E-state index is 10.7. The molecule has 1 rings (SSSR count). The molecule has 0 amide bonds. The van der Waals surface area contributed by atoms with Gasteiger partial charge >= 0.3 is 0 Å². The summed E-state index contributed by atoms with van der Waals surface area (Å²) < 4.78 is 0. The summed E-state index contributed by atoms with van der Waals surface area (Å²) in [7, 11) is 0. The summed E-state index contributed by atoms with van der Waals surface area (Å²) in [6.45, 7) is 4.00. The van der Waals surface area contributed by atoms with Crippen LogP contribution in [0.2, 0.25) is 0 Å². The van der Waals surface area contributed by atoms with E-state index >= 15 is 0 Å². The van der Waals surface area contributed by atoms with E-state index in [1.54, 1.807) is 0 Å². The first-order valence-corrected chi connectivity index (χ1v) is 3.42. The number of hydrogen-bond donors (Lipinski definition) is 1. The van der Waals surface area contributed by atoms with Gasteiger partial charge in [0.2, 0.25) is 0 Å². The summed E-state index contributed by atoms with van der Waals surface area (Å²) in [6, 6.07) is 0. The van der Waals surface area contributed by atoms with Gasteiger partial charge in [-0.15, -0.1) is 0 Å². The fraction of sp³-hybridized carbons (Fsp3) is 0.625. The van der Waals surface area contributed by atoms with Crippen molar-refractivity contribution in [2.75, 3.05) is 0 Å². The predicted molar refractivity (Wildman–Crippen MR) is 38.6 cm³/mol. The summed E-state index contributed by atoms with van der Waals surface area (Å²) >= 11 is 0. The lowest BCUT2D eigenvalue weighted by Gasteiger charge is -2.26. The maximum Gasteiger partial charge on any atom is 0.183 e. The molecule has 0 fully saturated rings. The Labute approximate surface area is 60.6 Å². The summed E-state index contributed by atoms with van der Waals surface area (Å²) in [5, 5.41) is 9.11. The molecule has 1 atom stereocenters. The Kier molecular flexibility index (Phi) is 1.65. The van der Waals surface area contributed by atoms with E-state index < -0.39 is 6.10 Å². The number of rotatable bonds is 0. The third kappa shape index (κ3) is 1.45. The molecule has 0 heterocycles. The Balaban J connectivity index is 2.78. The van der Waals surface area contributed by atoms with Crippen molar-refractivity contribution >= 4 is 5.78 Å². The van der Waals surface area contributed by atoms with Crippen LogP contribution in [0.15, 0.2) is 12.2 Å². The Morgan fingerprint density at radius 3 is 2.70 bits per heavy atom. The Hall–Kier alpha value is -0.630. The number of hydrogen-bond acceptors (Lipinski definition) is 2. The largest absolute Gasteiger partial charge is 0.385 e. The molecule has 0 aliphatic heterocycles. The van der Waals surface area contributed by atoms with Crippen molar-refractivity contribution in [3.8, 4) is 0 Å². The monoisotopic (exact) mass is 140 g/mol. The first-order valence-electron chi connectivity index (χ1n) is 3.42. The highest BCUT2D eigenvalue weighted by Gasteiger charge is 2.27. The summed E-state index contributed by atoms with van der Waals surface area (Å²) in [5.41, 5.74) is -0.0205. The average molecular weight is 140 g/mol. The molecule has 0 saturated carbocycles. The van der Waals surface area contributed by atoms with Crippen molar-refractivity contribution < 1.29 is 9.90 Å². The number of aliphatic hydroxyl groups is 1. The zero-order chi connectivity index (χ0) is 7.78. The molecule has 1 aliphatic rings. The second kappa shape index (κ2) is 2.20. The van der Waals surface area contributed by atoms with E-state index in [-0.39, 0.29) is 11.2 Å². The molecule has 56 valence electrons. The fourth-order valence-electron chi connectivity index (χ4n) is 1.09. The maximum atomic E-state index is 10.7. The van der Waals surface area contributed by atoms with E-state index in [2.05, 4.69) is 0 Å². The Morgan fingerprint density at radius 2 is 2.30 bits per heavy atom. The van der Waals surface area contributed by atoms with Crippen LogP contribution in [-0.4, -0.2) is 17.0 Å². The van der Waals surface area contributed by atoms with Crippen LogP contribution in [0.1, 0.15) is 20.3 Å². The van der Waals surface area contributed by atoms with Gasteiger partial charge in [-0.05, 0) is 17.9 Å². The zero-order valence-electron chi connectivity index (χ0n) is 6.29. The molecular weight excluding hydrogens is 128 g/mol. The quantitative estimate of drug-likeness (QED) is 0.543. The van der Waals surface area contributed by atoms with E-state index in [9.17, 15) is 4.79 Å². The van der Waals surface area contributed by atoms with Gasteiger partial charge in [0.1, 0.15) is 6.10 Å². The predicted octanol–water partition coefficient (Wildman–Crippen LogP) is 0.903. The van der Waals surface area contributed by atoms with Crippen LogP contribution in [0.4, 0.5) is 0 Å². The third-order valence-electron chi connectivity index (χ3n) is 1.75. The highest BCUT2D eigenvalue weighted by atomic mass is 16.3.